The number of esters is 1. The number of benzene rings is 2. The van der Waals surface area contributed by atoms with Crippen LogP contribution in [0.25, 0.3) is 5.57 Å². The molecule has 3 aliphatic rings. The number of nitro benzene ring substituents is 1. The predicted octanol–water partition coefficient (Wildman–Crippen LogP) is 3.92. The second kappa shape index (κ2) is 7.51. The van der Waals surface area contributed by atoms with Crippen molar-refractivity contribution in [3.63, 3.8) is 0 Å². The van der Waals surface area contributed by atoms with Crippen LogP contribution < -0.4 is 9.64 Å². The summed E-state index contributed by atoms with van der Waals surface area (Å²) in [5, 5.41) is 11.5. The monoisotopic (exact) mass is 444 g/mol. The molecular weight excluding hydrogens is 424 g/mol. The van der Waals surface area contributed by atoms with Crippen LogP contribution in [0.5, 0.6) is 5.75 Å². The zero-order valence-corrected chi connectivity index (χ0v) is 17.9. The third kappa shape index (κ3) is 3.09. The van der Waals surface area contributed by atoms with Crippen molar-refractivity contribution in [3.05, 3.63) is 81.9 Å². The van der Waals surface area contributed by atoms with Gasteiger partial charge in [0, 0.05) is 24.8 Å². The Labute approximate surface area is 189 Å². The lowest BCUT2D eigenvalue weighted by atomic mass is 9.85. The van der Waals surface area contributed by atoms with E-state index in [0.29, 0.717) is 0 Å². The van der Waals surface area contributed by atoms with E-state index in [1.165, 1.54) is 12.1 Å². The first-order valence-corrected chi connectivity index (χ1v) is 10.6. The Balaban J connectivity index is 1.52. The van der Waals surface area contributed by atoms with Crippen LogP contribution in [0, 0.1) is 33.8 Å². The molecule has 2 amide bonds. The SMILES string of the molecule is CC(=O)Oc1ccc(N2C(=O)[C@@H]3[C@@H](C2=O)[C@H]2C=C[C@H]3C2=C(C)c2ccccc2)cc1[N+](=O)[O-]. The number of carbonyl (C=O) groups excluding carboxylic acids is 3. The number of imide groups is 1. The highest BCUT2D eigenvalue weighted by Crippen LogP contribution is 2.58. The first-order valence-electron chi connectivity index (χ1n) is 10.6. The van der Waals surface area contributed by atoms with Crippen LogP contribution in [-0.2, 0) is 14.4 Å². The molecule has 0 radical (unpaired) electrons. The van der Waals surface area contributed by atoms with Gasteiger partial charge in [-0.3, -0.25) is 24.5 Å². The Morgan fingerprint density at radius 2 is 1.58 bits per heavy atom. The molecule has 33 heavy (non-hydrogen) atoms. The molecule has 2 aromatic carbocycles. The molecule has 1 aliphatic heterocycles. The topological polar surface area (TPSA) is 107 Å². The van der Waals surface area contributed by atoms with E-state index in [2.05, 4.69) is 0 Å². The number of hydrogen-bond acceptors (Lipinski definition) is 6. The van der Waals surface area contributed by atoms with E-state index < -0.39 is 28.4 Å². The van der Waals surface area contributed by atoms with Gasteiger partial charge in [-0.1, -0.05) is 48.1 Å². The van der Waals surface area contributed by atoms with Crippen molar-refractivity contribution in [2.45, 2.75) is 13.8 Å². The zero-order valence-electron chi connectivity index (χ0n) is 17.9. The second-order valence-electron chi connectivity index (χ2n) is 8.45. The number of hydrogen-bond donors (Lipinski definition) is 0. The van der Waals surface area contributed by atoms with Crippen molar-refractivity contribution in [2.75, 3.05) is 4.90 Å². The van der Waals surface area contributed by atoms with Crippen molar-refractivity contribution in [1.29, 1.82) is 0 Å². The molecule has 5 rings (SSSR count). The van der Waals surface area contributed by atoms with Crippen molar-refractivity contribution in [3.8, 4) is 5.75 Å². The van der Waals surface area contributed by atoms with E-state index in [1.807, 2.05) is 49.4 Å². The van der Waals surface area contributed by atoms with Gasteiger partial charge in [0.05, 0.1) is 22.4 Å². The van der Waals surface area contributed by atoms with Gasteiger partial charge in [0.1, 0.15) is 0 Å². The van der Waals surface area contributed by atoms with E-state index in [-0.39, 0.29) is 35.1 Å². The number of allylic oxidation sites excluding steroid dienone is 4. The Morgan fingerprint density at radius 3 is 2.12 bits per heavy atom. The van der Waals surface area contributed by atoms with Crippen molar-refractivity contribution >= 4 is 34.7 Å². The van der Waals surface area contributed by atoms with E-state index >= 15 is 0 Å². The number of fused-ring (bicyclic) bond motifs is 5. The molecule has 2 aliphatic carbocycles. The van der Waals surface area contributed by atoms with Crippen molar-refractivity contribution < 1.29 is 24.0 Å². The lowest BCUT2D eigenvalue weighted by Crippen LogP contribution is -2.33. The highest BCUT2D eigenvalue weighted by atomic mass is 16.6. The maximum absolute atomic E-state index is 13.4. The van der Waals surface area contributed by atoms with E-state index in [1.54, 1.807) is 0 Å². The van der Waals surface area contributed by atoms with Crippen LogP contribution in [0.1, 0.15) is 19.4 Å². The number of carbonyl (C=O) groups is 3. The van der Waals surface area contributed by atoms with Gasteiger partial charge >= 0.3 is 11.7 Å². The molecule has 2 aromatic rings. The minimum atomic E-state index is -0.705. The largest absolute Gasteiger partial charge is 0.419 e. The number of amides is 2. The van der Waals surface area contributed by atoms with Gasteiger partial charge in [-0.05, 0) is 30.2 Å². The van der Waals surface area contributed by atoms with Crippen LogP contribution in [0.15, 0.2) is 66.3 Å². The van der Waals surface area contributed by atoms with Crippen LogP contribution in [-0.4, -0.2) is 22.7 Å². The van der Waals surface area contributed by atoms with Gasteiger partial charge in [-0.2, -0.15) is 0 Å². The fourth-order valence-electron chi connectivity index (χ4n) is 5.40. The average molecular weight is 444 g/mol. The number of rotatable bonds is 4. The summed E-state index contributed by atoms with van der Waals surface area (Å²) >= 11 is 0. The molecule has 2 bridgehead atoms. The Bertz CT molecular complexity index is 1250. The van der Waals surface area contributed by atoms with E-state index in [4.69, 9.17) is 4.74 Å². The van der Waals surface area contributed by atoms with Crippen molar-refractivity contribution in [2.24, 2.45) is 23.7 Å². The normalized spacial score (nSPS) is 24.9. The Morgan fingerprint density at radius 1 is 0.970 bits per heavy atom. The lowest BCUT2D eigenvalue weighted by molar-refractivity contribution is -0.385. The molecular formula is C25H20N2O6. The molecule has 1 heterocycles. The number of nitrogens with zero attached hydrogens (tertiary/aromatic N) is 2. The fourth-order valence-corrected chi connectivity index (χ4v) is 5.40. The number of nitro groups is 1. The summed E-state index contributed by atoms with van der Waals surface area (Å²) in [5.74, 6) is -3.11. The molecule has 4 atom stereocenters. The van der Waals surface area contributed by atoms with Crippen LogP contribution in [0.4, 0.5) is 11.4 Å². The Hall–Kier alpha value is -4.07. The van der Waals surface area contributed by atoms with Crippen LogP contribution in [0.2, 0.25) is 0 Å². The van der Waals surface area contributed by atoms with E-state index in [9.17, 15) is 24.5 Å². The first-order chi connectivity index (χ1) is 15.8. The minimum Gasteiger partial charge on any atom is -0.419 e. The smallest absolute Gasteiger partial charge is 0.313 e. The summed E-state index contributed by atoms with van der Waals surface area (Å²) in [7, 11) is 0. The molecule has 2 fully saturated rings. The molecule has 8 nitrogen and oxygen atoms in total. The molecule has 166 valence electrons. The van der Waals surface area contributed by atoms with Gasteiger partial charge in [-0.25, -0.2) is 4.90 Å². The summed E-state index contributed by atoms with van der Waals surface area (Å²) in [5.41, 5.74) is 2.83. The summed E-state index contributed by atoms with van der Waals surface area (Å²) in [4.78, 5) is 50.0. The highest BCUT2D eigenvalue weighted by Gasteiger charge is 2.62. The maximum atomic E-state index is 13.4. The van der Waals surface area contributed by atoms with E-state index in [0.717, 1.165) is 34.6 Å². The zero-order chi connectivity index (χ0) is 23.4. The number of anilines is 1. The van der Waals surface area contributed by atoms with Gasteiger partial charge in [0.2, 0.25) is 17.6 Å². The van der Waals surface area contributed by atoms with Gasteiger partial charge < -0.3 is 4.74 Å². The summed E-state index contributed by atoms with van der Waals surface area (Å²) in [6, 6.07) is 13.6. The predicted molar refractivity (Wildman–Crippen MR) is 119 cm³/mol. The minimum absolute atomic E-state index is 0.103. The summed E-state index contributed by atoms with van der Waals surface area (Å²) < 4.78 is 4.89. The molecule has 0 spiro atoms. The third-order valence-corrected chi connectivity index (χ3v) is 6.71. The first kappa shape index (κ1) is 20.8. The summed E-state index contributed by atoms with van der Waals surface area (Å²) in [6.45, 7) is 3.15. The summed E-state index contributed by atoms with van der Waals surface area (Å²) in [6.07, 6.45) is 3.99. The fraction of sp³-hybridized carbons (Fsp3) is 0.240. The highest BCUT2D eigenvalue weighted by molar-refractivity contribution is 6.23. The maximum Gasteiger partial charge on any atom is 0.313 e. The second-order valence-corrected chi connectivity index (χ2v) is 8.45. The quantitative estimate of drug-likeness (QED) is 0.177. The van der Waals surface area contributed by atoms with Crippen LogP contribution in [0.3, 0.4) is 0 Å². The molecule has 1 saturated carbocycles. The molecule has 8 heteroatoms. The molecule has 0 aromatic heterocycles. The molecule has 0 N–H and O–H groups in total. The molecule has 0 unspecified atom stereocenters. The van der Waals surface area contributed by atoms with Gasteiger partial charge in [-0.15, -0.1) is 0 Å². The van der Waals surface area contributed by atoms with Crippen LogP contribution >= 0.6 is 0 Å². The standard InChI is InChI=1S/C25H20N2O6/c1-13(15-6-4-3-5-7-15)21-17-9-10-18(21)23-22(17)24(29)26(25(23)30)16-8-11-20(33-14(2)28)19(12-16)27(31)32/h3-12,17-18,22-23H,1-2H3/t17-,18-,22-,23-/m0/s1. The van der Waals surface area contributed by atoms with Crippen molar-refractivity contribution in [1.82, 2.24) is 0 Å². The average Bonchev–Trinajstić information content (AvgIpc) is 3.43. The number of ether oxygens (including phenoxy) is 1. The van der Waals surface area contributed by atoms with Gasteiger partial charge in [0.25, 0.3) is 0 Å². The lowest BCUT2D eigenvalue weighted by Gasteiger charge is -2.20. The Kier molecular flexibility index (Phi) is 4.74. The molecule has 1 saturated heterocycles. The van der Waals surface area contributed by atoms with Gasteiger partial charge in [0.15, 0.2) is 0 Å². The third-order valence-electron chi connectivity index (χ3n) is 6.71.